The molecular formula is C7H11ClN2O. The molecule has 0 bridgehead atoms. The van der Waals surface area contributed by atoms with E-state index in [0.29, 0.717) is 6.54 Å². The highest BCUT2D eigenvalue weighted by molar-refractivity contribution is 5.73. The zero-order valence-corrected chi connectivity index (χ0v) is 7.38. The lowest BCUT2D eigenvalue weighted by Gasteiger charge is -1.86. The summed E-state index contributed by atoms with van der Waals surface area (Å²) in [5.74, 6) is 0.177. The molecule has 4 heteroatoms. The molecule has 1 heterocycles. The zero-order chi connectivity index (χ0) is 7.56. The average molecular weight is 175 g/mol. The Balaban J connectivity index is 0.000001000. The number of hydrogen-bond donors (Lipinski definition) is 0. The van der Waals surface area contributed by atoms with Gasteiger partial charge in [0.2, 0.25) is 6.33 Å². The molecule has 0 unspecified atom stereocenters. The second-order valence-corrected chi connectivity index (χ2v) is 2.45. The molecule has 0 aromatic carbocycles. The molecule has 0 aliphatic heterocycles. The summed E-state index contributed by atoms with van der Waals surface area (Å²) in [7, 11) is 1.93. The number of ketones is 1. The lowest BCUT2D eigenvalue weighted by atomic mass is 10.4. The second kappa shape index (κ2) is 4.13. The molecule has 0 aliphatic carbocycles. The maximum atomic E-state index is 10.6. The first-order valence-corrected chi connectivity index (χ1v) is 3.19. The average Bonchev–Trinajstić information content (AvgIpc) is 2.13. The van der Waals surface area contributed by atoms with Gasteiger partial charge in [-0.15, -0.1) is 0 Å². The number of aromatic nitrogens is 2. The number of Topliss-reactive ketones (excluding diaryl/α,β-unsaturated/α-hetero) is 1. The molecule has 0 atom stereocenters. The summed E-state index contributed by atoms with van der Waals surface area (Å²) in [6.45, 7) is 2.06. The van der Waals surface area contributed by atoms with E-state index < -0.39 is 0 Å². The number of halogens is 1. The van der Waals surface area contributed by atoms with Gasteiger partial charge in [0.15, 0.2) is 5.78 Å². The van der Waals surface area contributed by atoms with Crippen molar-refractivity contribution in [3.05, 3.63) is 18.7 Å². The SMILES string of the molecule is CC(=O)C[n+]1ccn(C)c1.[Cl-]. The van der Waals surface area contributed by atoms with E-state index in [1.165, 1.54) is 0 Å². The Morgan fingerprint density at radius 1 is 1.64 bits per heavy atom. The lowest BCUT2D eigenvalue weighted by Crippen LogP contribution is -3.00. The monoisotopic (exact) mass is 174 g/mol. The predicted octanol–water partition coefficient (Wildman–Crippen LogP) is -3.09. The minimum atomic E-state index is 0. The van der Waals surface area contributed by atoms with Crippen LogP contribution in [0.25, 0.3) is 0 Å². The highest BCUT2D eigenvalue weighted by atomic mass is 35.5. The molecule has 0 saturated carbocycles. The second-order valence-electron chi connectivity index (χ2n) is 2.45. The van der Waals surface area contributed by atoms with Crippen molar-refractivity contribution in [3.63, 3.8) is 0 Å². The van der Waals surface area contributed by atoms with Gasteiger partial charge in [0.25, 0.3) is 0 Å². The van der Waals surface area contributed by atoms with Gasteiger partial charge in [-0.2, -0.15) is 0 Å². The van der Waals surface area contributed by atoms with Crippen LogP contribution in [0.15, 0.2) is 18.7 Å². The molecule has 1 aromatic rings. The fourth-order valence-electron chi connectivity index (χ4n) is 0.852. The highest BCUT2D eigenvalue weighted by Gasteiger charge is 2.01. The summed E-state index contributed by atoms with van der Waals surface area (Å²) in [4.78, 5) is 10.6. The quantitative estimate of drug-likeness (QED) is 0.437. The van der Waals surface area contributed by atoms with Crippen LogP contribution in [0, 0.1) is 0 Å². The smallest absolute Gasteiger partial charge is 0.243 e. The molecule has 0 amide bonds. The van der Waals surface area contributed by atoms with Crippen molar-refractivity contribution in [2.24, 2.45) is 7.05 Å². The number of imidazole rings is 1. The van der Waals surface area contributed by atoms with Crippen LogP contribution < -0.4 is 17.0 Å². The number of hydrogen-bond acceptors (Lipinski definition) is 1. The Morgan fingerprint density at radius 3 is 2.64 bits per heavy atom. The van der Waals surface area contributed by atoms with E-state index in [1.54, 1.807) is 6.92 Å². The summed E-state index contributed by atoms with van der Waals surface area (Å²) in [5, 5.41) is 0. The molecule has 0 radical (unpaired) electrons. The van der Waals surface area contributed by atoms with Crippen LogP contribution in [0.3, 0.4) is 0 Å². The van der Waals surface area contributed by atoms with Gasteiger partial charge in [-0.1, -0.05) is 0 Å². The van der Waals surface area contributed by atoms with Crippen molar-refractivity contribution < 1.29 is 21.8 Å². The summed E-state index contributed by atoms with van der Waals surface area (Å²) in [5.41, 5.74) is 0. The molecule has 0 saturated heterocycles. The van der Waals surface area contributed by atoms with Crippen LogP contribution in [-0.2, 0) is 18.4 Å². The van der Waals surface area contributed by atoms with E-state index >= 15 is 0 Å². The molecule has 0 spiro atoms. The van der Waals surface area contributed by atoms with Gasteiger partial charge in [0.05, 0.1) is 7.05 Å². The van der Waals surface area contributed by atoms with Gasteiger partial charge < -0.3 is 12.4 Å². The molecule has 0 N–H and O–H groups in total. The van der Waals surface area contributed by atoms with Crippen molar-refractivity contribution in [2.75, 3.05) is 0 Å². The van der Waals surface area contributed by atoms with Gasteiger partial charge in [-0.05, 0) is 6.92 Å². The summed E-state index contributed by atoms with van der Waals surface area (Å²) >= 11 is 0. The minimum Gasteiger partial charge on any atom is -1.00 e. The van der Waals surface area contributed by atoms with Gasteiger partial charge in [-0.25, -0.2) is 9.13 Å². The van der Waals surface area contributed by atoms with E-state index in [4.69, 9.17) is 0 Å². The lowest BCUT2D eigenvalue weighted by molar-refractivity contribution is -0.683. The number of aryl methyl sites for hydroxylation is 1. The Morgan fingerprint density at radius 2 is 2.27 bits per heavy atom. The Kier molecular flexibility index (Phi) is 3.82. The number of rotatable bonds is 2. The van der Waals surface area contributed by atoms with Gasteiger partial charge >= 0.3 is 0 Å². The molecule has 1 rings (SSSR count). The van der Waals surface area contributed by atoms with Crippen LogP contribution in [0.5, 0.6) is 0 Å². The molecule has 0 fully saturated rings. The van der Waals surface area contributed by atoms with Crippen molar-refractivity contribution in [1.82, 2.24) is 4.57 Å². The summed E-state index contributed by atoms with van der Waals surface area (Å²) in [6.07, 6.45) is 5.66. The zero-order valence-electron chi connectivity index (χ0n) is 6.62. The van der Waals surface area contributed by atoms with Crippen molar-refractivity contribution in [1.29, 1.82) is 0 Å². The topological polar surface area (TPSA) is 25.9 Å². The van der Waals surface area contributed by atoms with Crippen molar-refractivity contribution in [2.45, 2.75) is 13.5 Å². The first-order chi connectivity index (χ1) is 4.68. The maximum absolute atomic E-state index is 10.6. The fraction of sp³-hybridized carbons (Fsp3) is 0.429. The van der Waals surface area contributed by atoms with Crippen LogP contribution in [0.1, 0.15) is 6.92 Å². The Hall–Kier alpha value is -0.830. The van der Waals surface area contributed by atoms with Crippen molar-refractivity contribution >= 4 is 5.78 Å². The molecular weight excluding hydrogens is 164 g/mol. The minimum absolute atomic E-state index is 0. The number of nitrogens with zero attached hydrogens (tertiary/aromatic N) is 2. The van der Waals surface area contributed by atoms with Gasteiger partial charge in [-0.3, -0.25) is 4.79 Å². The van der Waals surface area contributed by atoms with Crippen LogP contribution in [0.2, 0.25) is 0 Å². The summed E-state index contributed by atoms with van der Waals surface area (Å²) in [6, 6.07) is 0. The number of carbonyl (C=O) groups excluding carboxylic acids is 1. The van der Waals surface area contributed by atoms with Gasteiger partial charge in [0.1, 0.15) is 18.9 Å². The van der Waals surface area contributed by atoms with E-state index in [2.05, 4.69) is 0 Å². The van der Waals surface area contributed by atoms with Crippen LogP contribution in [-0.4, -0.2) is 10.4 Å². The maximum Gasteiger partial charge on any atom is 0.243 e. The standard InChI is InChI=1S/C7H11N2O.ClH/c1-7(10)5-9-4-3-8(2)6-9;/h3-4,6H,5H2,1-2H3;1H/q+1;/p-1. The fourth-order valence-corrected chi connectivity index (χ4v) is 0.852. The van der Waals surface area contributed by atoms with E-state index in [-0.39, 0.29) is 18.2 Å². The normalized spacial score (nSPS) is 8.91. The molecule has 3 nitrogen and oxygen atoms in total. The third-order valence-electron chi connectivity index (χ3n) is 1.23. The molecule has 0 aliphatic rings. The predicted molar refractivity (Wildman–Crippen MR) is 36.3 cm³/mol. The van der Waals surface area contributed by atoms with Crippen LogP contribution >= 0.6 is 0 Å². The van der Waals surface area contributed by atoms with E-state index in [9.17, 15) is 4.79 Å². The molecule has 11 heavy (non-hydrogen) atoms. The Bertz CT molecular complexity index is 244. The first-order valence-electron chi connectivity index (χ1n) is 3.19. The molecule has 62 valence electrons. The van der Waals surface area contributed by atoms with Crippen LogP contribution in [0.4, 0.5) is 0 Å². The van der Waals surface area contributed by atoms with E-state index in [1.807, 2.05) is 34.9 Å². The van der Waals surface area contributed by atoms with Gasteiger partial charge in [0, 0.05) is 0 Å². The first kappa shape index (κ1) is 10.2. The highest BCUT2D eigenvalue weighted by Crippen LogP contribution is 1.77. The third kappa shape index (κ3) is 3.18. The Labute approximate surface area is 72.1 Å². The number of carbonyl (C=O) groups is 1. The molecule has 1 aromatic heterocycles. The third-order valence-corrected chi connectivity index (χ3v) is 1.23. The van der Waals surface area contributed by atoms with E-state index in [0.717, 1.165) is 0 Å². The van der Waals surface area contributed by atoms with Crippen molar-refractivity contribution in [3.8, 4) is 0 Å². The summed E-state index contributed by atoms with van der Waals surface area (Å²) < 4.78 is 3.76. The largest absolute Gasteiger partial charge is 1.00 e.